The fourth-order valence-electron chi connectivity index (χ4n) is 3.71. The molecule has 3 heterocycles. The number of rotatable bonds is 7. The quantitative estimate of drug-likeness (QED) is 0.521. The molecule has 0 unspecified atom stereocenters. The number of ether oxygens (including phenoxy) is 1. The van der Waals surface area contributed by atoms with Gasteiger partial charge in [-0.15, -0.1) is 0 Å². The number of nitrogens with zero attached hydrogens (tertiary/aromatic N) is 3. The first-order chi connectivity index (χ1) is 15.4. The van der Waals surface area contributed by atoms with Crippen molar-refractivity contribution in [3.8, 4) is 11.1 Å². The Hall–Kier alpha value is -2.79. The summed E-state index contributed by atoms with van der Waals surface area (Å²) in [6.07, 6.45) is 3.34. The Morgan fingerprint density at radius 2 is 1.88 bits per heavy atom. The zero-order valence-electron chi connectivity index (χ0n) is 18.2. The number of hydrogen-bond acceptors (Lipinski definition) is 6. The molecule has 1 aliphatic heterocycles. The molecular weight excluding hydrogens is 430 g/mol. The molecule has 0 saturated carbocycles. The molecule has 1 aliphatic rings. The van der Waals surface area contributed by atoms with Crippen molar-refractivity contribution < 1.29 is 17.9 Å². The van der Waals surface area contributed by atoms with Gasteiger partial charge in [0.2, 0.25) is 10.0 Å². The molecule has 0 bridgehead atoms. The number of likely N-dealkylation sites (N-methyl/N-ethyl adjacent to an activating group) is 1. The lowest BCUT2D eigenvalue weighted by molar-refractivity contribution is 0.0938. The third kappa shape index (κ3) is 4.53. The van der Waals surface area contributed by atoms with Crippen molar-refractivity contribution in [1.82, 2.24) is 24.5 Å². The molecule has 3 aromatic rings. The van der Waals surface area contributed by atoms with Gasteiger partial charge in [-0.2, -0.15) is 4.31 Å². The Morgan fingerprint density at radius 1 is 1.16 bits per heavy atom. The second-order valence-electron chi connectivity index (χ2n) is 7.80. The van der Waals surface area contributed by atoms with Crippen molar-refractivity contribution in [3.05, 3.63) is 48.3 Å². The fourth-order valence-corrected chi connectivity index (χ4v) is 5.13. The lowest BCUT2D eigenvalue weighted by atomic mass is 10.1. The topological polar surface area (TPSA) is 108 Å². The number of piperazine rings is 1. The predicted octanol–water partition coefficient (Wildman–Crippen LogP) is 1.54. The number of H-pyrrole nitrogens is 1. The number of sulfonamides is 1. The van der Waals surface area contributed by atoms with E-state index in [1.54, 1.807) is 43.8 Å². The van der Waals surface area contributed by atoms with E-state index >= 15 is 0 Å². The van der Waals surface area contributed by atoms with Gasteiger partial charge in [0.25, 0.3) is 5.91 Å². The number of carbonyl (C=O) groups excluding carboxylic acids is 1. The summed E-state index contributed by atoms with van der Waals surface area (Å²) in [7, 11) is 0.0516. The zero-order chi connectivity index (χ0) is 22.7. The number of aromatic amines is 1. The van der Waals surface area contributed by atoms with E-state index in [9.17, 15) is 13.2 Å². The Kier molecular flexibility index (Phi) is 6.56. The van der Waals surface area contributed by atoms with Gasteiger partial charge in [-0.1, -0.05) is 12.1 Å². The Balaban J connectivity index is 1.57. The molecular formula is C22H27N5O4S. The van der Waals surface area contributed by atoms with E-state index in [1.807, 2.05) is 13.1 Å². The summed E-state index contributed by atoms with van der Waals surface area (Å²) in [5.41, 5.74) is 2.73. The molecule has 0 spiro atoms. The summed E-state index contributed by atoms with van der Waals surface area (Å²) in [6, 6.07) is 8.69. The van der Waals surface area contributed by atoms with Gasteiger partial charge in [-0.05, 0) is 30.8 Å². The molecule has 1 saturated heterocycles. The highest BCUT2D eigenvalue weighted by Gasteiger charge is 2.27. The maximum Gasteiger partial charge on any atom is 0.253 e. The third-order valence-corrected chi connectivity index (χ3v) is 7.57. The number of benzene rings is 1. The van der Waals surface area contributed by atoms with E-state index in [4.69, 9.17) is 4.74 Å². The smallest absolute Gasteiger partial charge is 0.253 e. The highest BCUT2D eigenvalue weighted by Crippen LogP contribution is 2.27. The number of nitrogens with one attached hydrogen (secondary N) is 2. The molecule has 1 amide bonds. The lowest BCUT2D eigenvalue weighted by Crippen LogP contribution is -2.46. The average molecular weight is 458 g/mol. The van der Waals surface area contributed by atoms with Crippen molar-refractivity contribution in [1.29, 1.82) is 0 Å². The molecule has 0 atom stereocenters. The average Bonchev–Trinajstić information content (AvgIpc) is 3.23. The molecule has 10 heteroatoms. The molecule has 1 aromatic carbocycles. The second-order valence-corrected chi connectivity index (χ2v) is 9.74. The van der Waals surface area contributed by atoms with E-state index in [0.29, 0.717) is 42.8 Å². The number of fused-ring (bicyclic) bond motifs is 1. The molecule has 4 rings (SSSR count). The fraction of sp³-hybridized carbons (Fsp3) is 0.364. The van der Waals surface area contributed by atoms with Crippen LogP contribution in [0.25, 0.3) is 22.2 Å². The highest BCUT2D eigenvalue weighted by atomic mass is 32.2. The van der Waals surface area contributed by atoms with Crippen LogP contribution < -0.4 is 5.32 Å². The normalized spacial score (nSPS) is 15.8. The minimum atomic E-state index is -3.52. The maximum atomic E-state index is 12.9. The number of methoxy groups -OCH3 is 1. The summed E-state index contributed by atoms with van der Waals surface area (Å²) < 4.78 is 32.4. The first-order valence-corrected chi connectivity index (χ1v) is 11.9. The number of aromatic nitrogens is 2. The molecule has 2 aromatic heterocycles. The van der Waals surface area contributed by atoms with E-state index < -0.39 is 10.0 Å². The molecule has 0 aliphatic carbocycles. The first-order valence-electron chi connectivity index (χ1n) is 10.4. The van der Waals surface area contributed by atoms with Gasteiger partial charge in [-0.25, -0.2) is 13.4 Å². The van der Waals surface area contributed by atoms with Crippen molar-refractivity contribution >= 4 is 27.0 Å². The minimum Gasteiger partial charge on any atom is -0.383 e. The van der Waals surface area contributed by atoms with Crippen LogP contribution in [0.1, 0.15) is 10.4 Å². The Bertz CT molecular complexity index is 1200. The third-order valence-electron chi connectivity index (χ3n) is 5.66. The first kappa shape index (κ1) is 22.4. The van der Waals surface area contributed by atoms with E-state index in [0.717, 1.165) is 24.2 Å². The number of amides is 1. The Labute approximate surface area is 187 Å². The van der Waals surface area contributed by atoms with Crippen LogP contribution in [0.3, 0.4) is 0 Å². The van der Waals surface area contributed by atoms with Gasteiger partial charge >= 0.3 is 0 Å². The standard InChI is InChI=1S/C22H27N5O4S/c1-26-8-10-27(11-9-26)32(29,30)18-5-3-16(4-6-18)17-13-19-20(15-25-21(19)24-14-17)22(28)23-7-12-31-2/h3-6,13-15H,7-12H2,1-2H3,(H,23,28)(H,24,25). The number of hydrogen-bond donors (Lipinski definition) is 2. The lowest BCUT2D eigenvalue weighted by Gasteiger charge is -2.31. The van der Waals surface area contributed by atoms with Crippen LogP contribution in [0, 0.1) is 0 Å². The maximum absolute atomic E-state index is 12.9. The van der Waals surface area contributed by atoms with Crippen LogP contribution in [0.4, 0.5) is 0 Å². The van der Waals surface area contributed by atoms with Crippen LogP contribution in [0.15, 0.2) is 47.6 Å². The minimum absolute atomic E-state index is 0.208. The zero-order valence-corrected chi connectivity index (χ0v) is 19.0. The SMILES string of the molecule is COCCNC(=O)c1c[nH]c2ncc(-c3ccc(S(=O)(=O)N4CCN(C)CC4)cc3)cc12. The summed E-state index contributed by atoms with van der Waals surface area (Å²) >= 11 is 0. The van der Waals surface area contributed by atoms with Crippen LogP contribution in [-0.4, -0.2) is 87.0 Å². The molecule has 170 valence electrons. The summed E-state index contributed by atoms with van der Waals surface area (Å²) in [4.78, 5) is 22.3. The number of carbonyl (C=O) groups is 1. The van der Waals surface area contributed by atoms with Crippen molar-refractivity contribution in [2.24, 2.45) is 0 Å². The summed E-state index contributed by atoms with van der Waals surface area (Å²) in [5, 5.41) is 3.51. The second kappa shape index (κ2) is 9.37. The molecule has 0 radical (unpaired) electrons. The van der Waals surface area contributed by atoms with Gasteiger partial charge in [0, 0.05) is 63.2 Å². The van der Waals surface area contributed by atoms with Crippen molar-refractivity contribution in [2.75, 3.05) is 53.5 Å². The van der Waals surface area contributed by atoms with Crippen molar-refractivity contribution in [2.45, 2.75) is 4.90 Å². The monoisotopic (exact) mass is 457 g/mol. The van der Waals surface area contributed by atoms with Gasteiger partial charge in [0.1, 0.15) is 5.65 Å². The van der Waals surface area contributed by atoms with E-state index in [1.165, 1.54) is 4.31 Å². The van der Waals surface area contributed by atoms with Crippen LogP contribution in [0.5, 0.6) is 0 Å². The van der Waals surface area contributed by atoms with Crippen LogP contribution in [-0.2, 0) is 14.8 Å². The summed E-state index contributed by atoms with van der Waals surface area (Å²) in [5.74, 6) is -0.208. The van der Waals surface area contributed by atoms with Crippen molar-refractivity contribution in [3.63, 3.8) is 0 Å². The van der Waals surface area contributed by atoms with Crippen LogP contribution >= 0.6 is 0 Å². The van der Waals surface area contributed by atoms with Crippen LogP contribution in [0.2, 0.25) is 0 Å². The molecule has 1 fully saturated rings. The molecule has 2 N–H and O–H groups in total. The van der Waals surface area contributed by atoms with Gasteiger partial charge < -0.3 is 19.9 Å². The van der Waals surface area contributed by atoms with E-state index in [2.05, 4.69) is 20.2 Å². The van der Waals surface area contributed by atoms with Gasteiger partial charge in [0.15, 0.2) is 0 Å². The number of pyridine rings is 1. The van der Waals surface area contributed by atoms with Gasteiger partial charge in [0.05, 0.1) is 17.1 Å². The molecule has 32 heavy (non-hydrogen) atoms. The highest BCUT2D eigenvalue weighted by molar-refractivity contribution is 7.89. The van der Waals surface area contributed by atoms with E-state index in [-0.39, 0.29) is 10.8 Å². The Morgan fingerprint density at radius 3 is 2.56 bits per heavy atom. The van der Waals surface area contributed by atoms with Gasteiger partial charge in [-0.3, -0.25) is 4.79 Å². The predicted molar refractivity (Wildman–Crippen MR) is 122 cm³/mol. The summed E-state index contributed by atoms with van der Waals surface area (Å²) in [6.45, 7) is 3.27. The largest absolute Gasteiger partial charge is 0.383 e. The molecule has 9 nitrogen and oxygen atoms in total.